The summed E-state index contributed by atoms with van der Waals surface area (Å²) in [6, 6.07) is 12.9. The van der Waals surface area contributed by atoms with Crippen LogP contribution in [0.1, 0.15) is 16.1 Å². The molecule has 0 aliphatic rings. The van der Waals surface area contributed by atoms with E-state index in [4.69, 9.17) is 9.15 Å². The summed E-state index contributed by atoms with van der Waals surface area (Å²) in [7, 11) is 0. The smallest absolute Gasteiger partial charge is 0.340 e. The molecular weight excluding hydrogens is 370 g/mol. The first-order valence-corrected chi connectivity index (χ1v) is 8.30. The zero-order valence-corrected chi connectivity index (χ0v) is 14.6. The number of esters is 1. The Balaban J connectivity index is 1.57. The quantitative estimate of drug-likeness (QED) is 0.601. The van der Waals surface area contributed by atoms with Crippen LogP contribution < -0.4 is 10.6 Å². The van der Waals surface area contributed by atoms with E-state index in [0.717, 1.165) is 12.1 Å². The lowest BCUT2D eigenvalue weighted by molar-refractivity contribution is -0.119. The largest absolute Gasteiger partial charge is 0.467 e. The van der Waals surface area contributed by atoms with Crippen LogP contribution in [0.2, 0.25) is 0 Å². The van der Waals surface area contributed by atoms with Crippen LogP contribution in [0.15, 0.2) is 65.3 Å². The van der Waals surface area contributed by atoms with Crippen LogP contribution in [0, 0.1) is 11.6 Å². The average molecular weight is 386 g/mol. The highest BCUT2D eigenvalue weighted by molar-refractivity contribution is 5.98. The molecule has 0 saturated heterocycles. The number of para-hydroxylation sites is 1. The Bertz CT molecular complexity index is 974. The third-order valence-corrected chi connectivity index (χ3v) is 3.72. The molecule has 8 heteroatoms. The van der Waals surface area contributed by atoms with Gasteiger partial charge in [0.15, 0.2) is 6.61 Å². The second kappa shape index (κ2) is 8.81. The van der Waals surface area contributed by atoms with E-state index >= 15 is 0 Å². The van der Waals surface area contributed by atoms with Crippen LogP contribution in [0.5, 0.6) is 0 Å². The van der Waals surface area contributed by atoms with Gasteiger partial charge in [0, 0.05) is 11.8 Å². The van der Waals surface area contributed by atoms with Gasteiger partial charge in [-0.05, 0) is 36.4 Å². The van der Waals surface area contributed by atoms with Gasteiger partial charge in [-0.2, -0.15) is 0 Å². The standard InChI is InChI=1S/C20H16F2N2O4/c21-13-7-8-18(16(22)10-13)24-19(25)12-28-20(26)15-5-1-2-6-17(15)23-11-14-4-3-9-27-14/h1-10,23H,11-12H2,(H,24,25). The number of hydrogen-bond donors (Lipinski definition) is 2. The molecule has 2 aromatic carbocycles. The van der Waals surface area contributed by atoms with Gasteiger partial charge in [0.05, 0.1) is 24.1 Å². The zero-order chi connectivity index (χ0) is 19.9. The lowest BCUT2D eigenvalue weighted by Crippen LogP contribution is -2.22. The summed E-state index contributed by atoms with van der Waals surface area (Å²) in [6.45, 7) is -0.260. The predicted octanol–water partition coefficient (Wildman–Crippen LogP) is 3.97. The SMILES string of the molecule is O=C(COC(=O)c1ccccc1NCc1ccco1)Nc1ccc(F)cc1F. The fourth-order valence-corrected chi connectivity index (χ4v) is 2.40. The second-order valence-electron chi connectivity index (χ2n) is 5.73. The molecular formula is C20H16F2N2O4. The number of furan rings is 1. The maximum absolute atomic E-state index is 13.6. The molecule has 2 N–H and O–H groups in total. The Kier molecular flexibility index (Phi) is 6.01. The predicted molar refractivity (Wildman–Crippen MR) is 97.7 cm³/mol. The fraction of sp³-hybridized carbons (Fsp3) is 0.100. The van der Waals surface area contributed by atoms with Crippen molar-refractivity contribution < 1.29 is 27.5 Å². The summed E-state index contributed by atoms with van der Waals surface area (Å²) in [5.41, 5.74) is 0.534. The van der Waals surface area contributed by atoms with Crippen molar-refractivity contribution in [2.75, 3.05) is 17.2 Å². The van der Waals surface area contributed by atoms with Crippen LogP contribution in [-0.4, -0.2) is 18.5 Å². The second-order valence-corrected chi connectivity index (χ2v) is 5.73. The van der Waals surface area contributed by atoms with E-state index in [0.29, 0.717) is 24.1 Å². The number of nitrogens with one attached hydrogen (secondary N) is 2. The first-order chi connectivity index (χ1) is 13.5. The molecule has 1 amide bonds. The van der Waals surface area contributed by atoms with Gasteiger partial charge >= 0.3 is 5.97 Å². The number of rotatable bonds is 7. The van der Waals surface area contributed by atoms with Gasteiger partial charge in [-0.25, -0.2) is 13.6 Å². The van der Waals surface area contributed by atoms with Gasteiger partial charge in [0.2, 0.25) is 0 Å². The molecule has 0 saturated carbocycles. The highest BCUT2D eigenvalue weighted by Gasteiger charge is 2.15. The van der Waals surface area contributed by atoms with Gasteiger partial charge in [-0.3, -0.25) is 4.79 Å². The Morgan fingerprint density at radius 1 is 1.00 bits per heavy atom. The maximum Gasteiger partial charge on any atom is 0.340 e. The number of anilines is 2. The minimum Gasteiger partial charge on any atom is -0.467 e. The van der Waals surface area contributed by atoms with Gasteiger partial charge < -0.3 is 19.8 Å². The third kappa shape index (κ3) is 4.94. The lowest BCUT2D eigenvalue weighted by Gasteiger charge is -2.11. The number of amides is 1. The Labute approximate surface area is 159 Å². The van der Waals surface area contributed by atoms with Crippen molar-refractivity contribution in [2.24, 2.45) is 0 Å². The van der Waals surface area contributed by atoms with Crippen molar-refractivity contribution in [1.82, 2.24) is 0 Å². The number of carbonyl (C=O) groups excluding carboxylic acids is 2. The Morgan fingerprint density at radius 3 is 2.57 bits per heavy atom. The summed E-state index contributed by atoms with van der Waals surface area (Å²) < 4.78 is 36.6. The minimum absolute atomic E-state index is 0.206. The number of hydrogen-bond acceptors (Lipinski definition) is 5. The van der Waals surface area contributed by atoms with Gasteiger partial charge in [0.1, 0.15) is 17.4 Å². The van der Waals surface area contributed by atoms with Crippen LogP contribution >= 0.6 is 0 Å². The van der Waals surface area contributed by atoms with Crippen molar-refractivity contribution in [2.45, 2.75) is 6.54 Å². The van der Waals surface area contributed by atoms with Crippen molar-refractivity contribution in [3.05, 3.63) is 83.8 Å². The normalized spacial score (nSPS) is 10.4. The third-order valence-electron chi connectivity index (χ3n) is 3.72. The Hall–Kier alpha value is -3.68. The molecule has 0 fully saturated rings. The number of benzene rings is 2. The van der Waals surface area contributed by atoms with Crippen LogP contribution in [-0.2, 0) is 16.1 Å². The molecule has 1 aromatic heterocycles. The number of halogens is 2. The highest BCUT2D eigenvalue weighted by atomic mass is 19.1. The van der Waals surface area contributed by atoms with E-state index in [2.05, 4.69) is 10.6 Å². The number of carbonyl (C=O) groups is 2. The van der Waals surface area contributed by atoms with Crippen molar-refractivity contribution in [1.29, 1.82) is 0 Å². The van der Waals surface area contributed by atoms with E-state index in [1.807, 2.05) is 0 Å². The summed E-state index contributed by atoms with van der Waals surface area (Å²) in [5, 5.41) is 5.27. The summed E-state index contributed by atoms with van der Waals surface area (Å²) in [4.78, 5) is 24.2. The van der Waals surface area contributed by atoms with E-state index in [-0.39, 0.29) is 11.3 Å². The summed E-state index contributed by atoms with van der Waals surface area (Å²) >= 11 is 0. The molecule has 144 valence electrons. The van der Waals surface area contributed by atoms with E-state index < -0.39 is 30.1 Å². The first kappa shape index (κ1) is 19.1. The molecule has 0 aliphatic carbocycles. The molecule has 6 nitrogen and oxygen atoms in total. The average Bonchev–Trinajstić information content (AvgIpc) is 3.20. The molecule has 0 atom stereocenters. The number of ether oxygens (including phenoxy) is 1. The van der Waals surface area contributed by atoms with Gasteiger partial charge in [0.25, 0.3) is 5.91 Å². The molecule has 0 aliphatic heterocycles. The van der Waals surface area contributed by atoms with Crippen molar-refractivity contribution in [3.8, 4) is 0 Å². The van der Waals surface area contributed by atoms with Gasteiger partial charge in [-0.1, -0.05) is 12.1 Å². The topological polar surface area (TPSA) is 80.6 Å². The Morgan fingerprint density at radius 2 is 1.82 bits per heavy atom. The van der Waals surface area contributed by atoms with Crippen molar-refractivity contribution in [3.63, 3.8) is 0 Å². The summed E-state index contributed by atoms with van der Waals surface area (Å²) in [5.74, 6) is -2.48. The van der Waals surface area contributed by atoms with Crippen molar-refractivity contribution >= 4 is 23.3 Å². The van der Waals surface area contributed by atoms with Crippen LogP contribution in [0.3, 0.4) is 0 Å². The molecule has 0 bridgehead atoms. The molecule has 1 heterocycles. The van der Waals surface area contributed by atoms with E-state index in [1.54, 1.807) is 42.7 Å². The molecule has 0 unspecified atom stereocenters. The molecule has 0 radical (unpaired) electrons. The molecule has 3 aromatic rings. The first-order valence-electron chi connectivity index (χ1n) is 8.30. The fourth-order valence-electron chi connectivity index (χ4n) is 2.40. The van der Waals surface area contributed by atoms with Crippen LogP contribution in [0.4, 0.5) is 20.2 Å². The minimum atomic E-state index is -0.924. The van der Waals surface area contributed by atoms with E-state index in [9.17, 15) is 18.4 Å². The highest BCUT2D eigenvalue weighted by Crippen LogP contribution is 2.18. The monoisotopic (exact) mass is 386 g/mol. The summed E-state index contributed by atoms with van der Waals surface area (Å²) in [6.07, 6.45) is 1.54. The van der Waals surface area contributed by atoms with E-state index in [1.165, 1.54) is 0 Å². The molecule has 28 heavy (non-hydrogen) atoms. The molecule has 3 rings (SSSR count). The molecule has 0 spiro atoms. The zero-order valence-electron chi connectivity index (χ0n) is 14.6. The van der Waals surface area contributed by atoms with Gasteiger partial charge in [-0.15, -0.1) is 0 Å². The lowest BCUT2D eigenvalue weighted by atomic mass is 10.2. The maximum atomic E-state index is 13.6. The van der Waals surface area contributed by atoms with Crippen LogP contribution in [0.25, 0.3) is 0 Å².